The van der Waals surface area contributed by atoms with E-state index in [9.17, 15) is 17.3 Å². The van der Waals surface area contributed by atoms with Gasteiger partial charge in [-0.15, -0.1) is 0 Å². The first-order valence-corrected chi connectivity index (χ1v) is 3.89. The molecule has 1 aromatic carbocycles. The average Bonchev–Trinajstić information content (AvgIpc) is 2.03. The molecule has 1 nitrogen and oxygen atoms in total. The molecule has 0 unspecified atom stereocenters. The number of halogens is 4. The molecule has 0 aromatic heterocycles. The van der Waals surface area contributed by atoms with Crippen molar-refractivity contribution in [3.63, 3.8) is 0 Å². The fourth-order valence-electron chi connectivity index (χ4n) is 0.633. The molecule has 0 amide bonds. The highest BCUT2D eigenvalue weighted by Crippen LogP contribution is 2.07. The van der Waals surface area contributed by atoms with E-state index in [1.54, 1.807) is 0 Å². The van der Waals surface area contributed by atoms with Crippen LogP contribution in [0.4, 0.5) is 17.3 Å². The maximum atomic E-state index is 9.75. The zero-order chi connectivity index (χ0) is 11.0. The summed E-state index contributed by atoms with van der Waals surface area (Å²) in [6.45, 7) is 2.69. The van der Waals surface area contributed by atoms with Gasteiger partial charge in [-0.1, -0.05) is 12.1 Å². The molecule has 0 N–H and O–H groups in total. The summed E-state index contributed by atoms with van der Waals surface area (Å²) in [4.78, 5) is 0. The highest BCUT2D eigenvalue weighted by atomic mass is 19.5. The molecule has 1 radical (unpaired) electrons. The Bertz CT molecular complexity index is 231. The second kappa shape index (κ2) is 6.29. The molecule has 1 rings (SSSR count). The Morgan fingerprint density at radius 1 is 1.36 bits per heavy atom. The molecule has 0 aliphatic heterocycles. The molecule has 0 saturated carbocycles. The first-order valence-electron chi connectivity index (χ1n) is 3.89. The molecular formula is C8H9BF4O-. The van der Waals surface area contributed by atoms with Gasteiger partial charge in [0.15, 0.2) is 0 Å². The van der Waals surface area contributed by atoms with E-state index in [-0.39, 0.29) is 0 Å². The van der Waals surface area contributed by atoms with Crippen LogP contribution in [0.2, 0.25) is 0 Å². The maximum absolute atomic E-state index is 9.75. The standard InChI is InChI=1S/C8H9O.BF4/c1-2-9-8-6-4-3-5-7-8;2-1(3,4)5/h3-4,6-7H,2H2,1H3;/q;-1. The summed E-state index contributed by atoms with van der Waals surface area (Å²) < 4.78 is 44.2. The summed E-state index contributed by atoms with van der Waals surface area (Å²) in [5, 5.41) is 0. The minimum Gasteiger partial charge on any atom is -0.494 e. The maximum Gasteiger partial charge on any atom is 0.673 e. The van der Waals surface area contributed by atoms with Crippen LogP contribution >= 0.6 is 0 Å². The average molecular weight is 208 g/mol. The Labute approximate surface area is 79.8 Å². The van der Waals surface area contributed by atoms with E-state index < -0.39 is 7.25 Å². The third-order valence-corrected chi connectivity index (χ3v) is 0.990. The van der Waals surface area contributed by atoms with Gasteiger partial charge in [0.25, 0.3) is 0 Å². The van der Waals surface area contributed by atoms with E-state index >= 15 is 0 Å². The molecule has 0 fully saturated rings. The van der Waals surface area contributed by atoms with Gasteiger partial charge in [0.2, 0.25) is 0 Å². The molecule has 14 heavy (non-hydrogen) atoms. The minimum atomic E-state index is -6.00. The van der Waals surface area contributed by atoms with Crippen molar-refractivity contribution in [2.75, 3.05) is 6.61 Å². The Morgan fingerprint density at radius 3 is 2.29 bits per heavy atom. The van der Waals surface area contributed by atoms with Crippen molar-refractivity contribution >= 4 is 7.25 Å². The van der Waals surface area contributed by atoms with Crippen LogP contribution in [0.3, 0.4) is 0 Å². The Morgan fingerprint density at radius 2 is 1.93 bits per heavy atom. The van der Waals surface area contributed by atoms with Gasteiger partial charge < -0.3 is 22.0 Å². The lowest BCUT2D eigenvalue weighted by Gasteiger charge is -1.98. The van der Waals surface area contributed by atoms with Crippen LogP contribution < -0.4 is 4.74 Å². The van der Waals surface area contributed by atoms with Gasteiger partial charge in [0.1, 0.15) is 5.75 Å². The SMILES string of the molecule is CCOc1c[c]ccc1.F[B-](F)(F)F. The van der Waals surface area contributed by atoms with Crippen molar-refractivity contribution in [2.24, 2.45) is 0 Å². The van der Waals surface area contributed by atoms with Crippen LogP contribution in [0.5, 0.6) is 5.75 Å². The summed E-state index contributed by atoms with van der Waals surface area (Å²) in [5.41, 5.74) is 0. The fourth-order valence-corrected chi connectivity index (χ4v) is 0.633. The molecule has 1 aromatic rings. The minimum absolute atomic E-state index is 0.720. The smallest absolute Gasteiger partial charge is 0.494 e. The monoisotopic (exact) mass is 208 g/mol. The molecule has 0 heterocycles. The summed E-state index contributed by atoms with van der Waals surface area (Å²) in [7, 11) is -6.00. The first-order chi connectivity index (χ1) is 6.43. The topological polar surface area (TPSA) is 9.23 Å². The van der Waals surface area contributed by atoms with E-state index in [0.29, 0.717) is 0 Å². The van der Waals surface area contributed by atoms with Crippen LogP contribution in [-0.4, -0.2) is 13.9 Å². The van der Waals surface area contributed by atoms with E-state index in [1.165, 1.54) is 0 Å². The van der Waals surface area contributed by atoms with Gasteiger partial charge in [0, 0.05) is 0 Å². The lowest BCUT2D eigenvalue weighted by Crippen LogP contribution is -2.02. The fraction of sp³-hybridized carbons (Fsp3) is 0.250. The predicted octanol–water partition coefficient (Wildman–Crippen LogP) is 3.19. The van der Waals surface area contributed by atoms with E-state index in [0.717, 1.165) is 12.4 Å². The molecule has 6 heteroatoms. The second-order valence-corrected chi connectivity index (χ2v) is 2.17. The number of benzene rings is 1. The van der Waals surface area contributed by atoms with Gasteiger partial charge in [-0.05, 0) is 25.1 Å². The second-order valence-electron chi connectivity index (χ2n) is 2.17. The van der Waals surface area contributed by atoms with Crippen LogP contribution in [0.15, 0.2) is 24.3 Å². The normalized spacial score (nSPS) is 10.1. The highest BCUT2D eigenvalue weighted by molar-refractivity contribution is 6.50. The molecule has 0 spiro atoms. The first kappa shape index (κ1) is 12.8. The molecule has 0 aliphatic rings. The summed E-state index contributed by atoms with van der Waals surface area (Å²) in [6, 6.07) is 10.4. The van der Waals surface area contributed by atoms with Crippen LogP contribution in [0, 0.1) is 6.07 Å². The van der Waals surface area contributed by atoms with Gasteiger partial charge in [-0.3, -0.25) is 0 Å². The van der Waals surface area contributed by atoms with Crippen molar-refractivity contribution < 1.29 is 22.0 Å². The van der Waals surface area contributed by atoms with Crippen molar-refractivity contribution in [2.45, 2.75) is 6.92 Å². The van der Waals surface area contributed by atoms with Crippen LogP contribution in [-0.2, 0) is 0 Å². The Kier molecular flexibility index (Phi) is 5.75. The van der Waals surface area contributed by atoms with Crippen molar-refractivity contribution in [3.8, 4) is 5.75 Å². The number of rotatable bonds is 2. The molecule has 0 aliphatic carbocycles. The quantitative estimate of drug-likeness (QED) is 0.535. The number of hydrogen-bond donors (Lipinski definition) is 0. The lowest BCUT2D eigenvalue weighted by atomic mass is 10.3. The van der Waals surface area contributed by atoms with Crippen LogP contribution in [0.1, 0.15) is 6.92 Å². The predicted molar refractivity (Wildman–Crippen MR) is 46.6 cm³/mol. The molecule has 0 saturated heterocycles. The molecule has 0 bridgehead atoms. The molecule has 79 valence electrons. The summed E-state index contributed by atoms with van der Waals surface area (Å²) >= 11 is 0. The van der Waals surface area contributed by atoms with Crippen LogP contribution in [0.25, 0.3) is 0 Å². The van der Waals surface area contributed by atoms with Gasteiger partial charge in [0.05, 0.1) is 6.61 Å². The largest absolute Gasteiger partial charge is 0.673 e. The van der Waals surface area contributed by atoms with Gasteiger partial charge >= 0.3 is 7.25 Å². The number of hydrogen-bond acceptors (Lipinski definition) is 1. The van der Waals surface area contributed by atoms with Crippen molar-refractivity contribution in [1.29, 1.82) is 0 Å². The molecule has 0 atom stereocenters. The Hall–Kier alpha value is -1.20. The van der Waals surface area contributed by atoms with E-state index in [4.69, 9.17) is 4.74 Å². The third-order valence-electron chi connectivity index (χ3n) is 0.990. The van der Waals surface area contributed by atoms with E-state index in [2.05, 4.69) is 6.07 Å². The van der Waals surface area contributed by atoms with Gasteiger partial charge in [-0.25, -0.2) is 0 Å². The zero-order valence-corrected chi connectivity index (χ0v) is 7.51. The lowest BCUT2D eigenvalue weighted by molar-refractivity contribution is 0.340. The highest BCUT2D eigenvalue weighted by Gasteiger charge is 2.20. The summed E-state index contributed by atoms with van der Waals surface area (Å²) in [5.74, 6) is 0.889. The third kappa shape index (κ3) is 10.8. The summed E-state index contributed by atoms with van der Waals surface area (Å²) in [6.07, 6.45) is 0. The van der Waals surface area contributed by atoms with Gasteiger partial charge in [-0.2, -0.15) is 0 Å². The zero-order valence-electron chi connectivity index (χ0n) is 7.51. The van der Waals surface area contributed by atoms with Crippen molar-refractivity contribution in [3.05, 3.63) is 30.3 Å². The van der Waals surface area contributed by atoms with Crippen molar-refractivity contribution in [1.82, 2.24) is 0 Å². The number of ether oxygens (including phenoxy) is 1. The Balaban J connectivity index is 0.000000292. The molecular weight excluding hydrogens is 199 g/mol. The van der Waals surface area contributed by atoms with E-state index in [1.807, 2.05) is 31.2 Å².